The van der Waals surface area contributed by atoms with E-state index in [4.69, 9.17) is 14.2 Å². The number of benzene rings is 1. The van der Waals surface area contributed by atoms with Gasteiger partial charge in [-0.05, 0) is 46.9 Å². The van der Waals surface area contributed by atoms with Gasteiger partial charge in [0.15, 0.2) is 0 Å². The van der Waals surface area contributed by atoms with E-state index in [1.165, 1.54) is 3.57 Å². The maximum atomic E-state index is 9.65. The minimum atomic E-state index is -0.435. The van der Waals surface area contributed by atoms with Crippen LogP contribution in [0.5, 0.6) is 5.75 Å². The highest BCUT2D eigenvalue weighted by Gasteiger charge is 2.42. The Morgan fingerprint density at radius 1 is 1.28 bits per heavy atom. The predicted molar refractivity (Wildman–Crippen MR) is 75.8 cm³/mol. The van der Waals surface area contributed by atoms with Gasteiger partial charge in [0, 0.05) is 17.1 Å². The third kappa shape index (κ3) is 3.57. The van der Waals surface area contributed by atoms with Crippen molar-refractivity contribution in [2.75, 3.05) is 20.3 Å². The molecule has 4 nitrogen and oxygen atoms in total. The maximum absolute atomic E-state index is 9.65. The summed E-state index contributed by atoms with van der Waals surface area (Å²) in [6, 6.07) is 7.84. The van der Waals surface area contributed by atoms with Crippen molar-refractivity contribution in [2.24, 2.45) is 0 Å². The number of hydrogen-bond acceptors (Lipinski definition) is 4. The van der Waals surface area contributed by atoms with Crippen LogP contribution in [0.15, 0.2) is 24.3 Å². The second kappa shape index (κ2) is 6.70. The van der Waals surface area contributed by atoms with Crippen LogP contribution in [0.3, 0.4) is 0 Å². The summed E-state index contributed by atoms with van der Waals surface area (Å²) in [6.07, 6.45) is -0.143. The lowest BCUT2D eigenvalue weighted by molar-refractivity contribution is -0.167. The van der Waals surface area contributed by atoms with Crippen LogP contribution in [-0.4, -0.2) is 43.7 Å². The first kappa shape index (κ1) is 14.0. The molecule has 0 radical (unpaired) electrons. The largest absolute Gasteiger partial charge is 0.488 e. The molecular weight excluding hydrogens is 347 g/mol. The lowest BCUT2D eigenvalue weighted by atomic mass is 9.88. The Kier molecular flexibility index (Phi) is 5.23. The first-order valence-electron chi connectivity index (χ1n) is 5.91. The van der Waals surface area contributed by atoms with Crippen LogP contribution in [-0.2, 0) is 9.47 Å². The van der Waals surface area contributed by atoms with Crippen molar-refractivity contribution in [2.45, 2.75) is 24.7 Å². The van der Waals surface area contributed by atoms with Gasteiger partial charge in [-0.1, -0.05) is 0 Å². The molecule has 18 heavy (non-hydrogen) atoms. The lowest BCUT2D eigenvalue weighted by Gasteiger charge is -2.40. The third-order valence-electron chi connectivity index (χ3n) is 2.92. The second-order valence-corrected chi connectivity index (χ2v) is 5.49. The zero-order valence-corrected chi connectivity index (χ0v) is 12.4. The van der Waals surface area contributed by atoms with Crippen LogP contribution in [0.25, 0.3) is 0 Å². The van der Waals surface area contributed by atoms with Gasteiger partial charge in [0.1, 0.15) is 18.0 Å². The molecule has 0 bridgehead atoms. The number of aliphatic hydroxyl groups excluding tert-OH is 1. The molecule has 3 atom stereocenters. The highest BCUT2D eigenvalue weighted by Crippen LogP contribution is 2.29. The fraction of sp³-hybridized carbons (Fsp3) is 0.538. The van der Waals surface area contributed by atoms with E-state index in [-0.39, 0.29) is 12.2 Å². The first-order valence-corrected chi connectivity index (χ1v) is 6.99. The summed E-state index contributed by atoms with van der Waals surface area (Å²) in [6.45, 7) is 1.00. The van der Waals surface area contributed by atoms with Crippen molar-refractivity contribution in [1.82, 2.24) is 0 Å². The standard InChI is InChI=1S/C13H17IO4/c1-16-6-7-17-13-11(15)8-12(13)18-10-4-2-9(14)3-5-10/h2-5,11-13,15H,6-8H2,1H3. The molecule has 1 aromatic carbocycles. The quantitative estimate of drug-likeness (QED) is 0.618. The van der Waals surface area contributed by atoms with Crippen LogP contribution in [0, 0.1) is 3.57 Å². The van der Waals surface area contributed by atoms with E-state index in [9.17, 15) is 5.11 Å². The molecule has 5 heteroatoms. The summed E-state index contributed by atoms with van der Waals surface area (Å²) >= 11 is 2.25. The molecular formula is C13H17IO4. The minimum absolute atomic E-state index is 0.0723. The second-order valence-electron chi connectivity index (χ2n) is 4.24. The summed E-state index contributed by atoms with van der Waals surface area (Å²) in [5, 5.41) is 9.65. The van der Waals surface area contributed by atoms with Crippen molar-refractivity contribution < 1.29 is 19.3 Å². The van der Waals surface area contributed by atoms with E-state index in [1.807, 2.05) is 24.3 Å². The van der Waals surface area contributed by atoms with E-state index >= 15 is 0 Å². The van der Waals surface area contributed by atoms with Gasteiger partial charge in [0.2, 0.25) is 0 Å². The summed E-state index contributed by atoms with van der Waals surface area (Å²) in [5.41, 5.74) is 0. The average Bonchev–Trinajstić information content (AvgIpc) is 2.36. The van der Waals surface area contributed by atoms with E-state index in [1.54, 1.807) is 7.11 Å². The SMILES string of the molecule is COCCOC1C(O)CC1Oc1ccc(I)cc1. The van der Waals surface area contributed by atoms with Gasteiger partial charge in [0.25, 0.3) is 0 Å². The number of methoxy groups -OCH3 is 1. The zero-order chi connectivity index (χ0) is 13.0. The molecule has 0 saturated heterocycles. The third-order valence-corrected chi connectivity index (χ3v) is 3.64. The zero-order valence-electron chi connectivity index (χ0n) is 10.2. The fourth-order valence-corrected chi connectivity index (χ4v) is 2.21. The Bertz CT molecular complexity index is 368. The molecule has 1 aromatic rings. The number of halogens is 1. The molecule has 1 aliphatic carbocycles. The topological polar surface area (TPSA) is 47.9 Å². The van der Waals surface area contributed by atoms with Gasteiger partial charge >= 0.3 is 0 Å². The van der Waals surface area contributed by atoms with E-state index in [2.05, 4.69) is 22.6 Å². The molecule has 1 fully saturated rings. The Morgan fingerprint density at radius 2 is 2.00 bits per heavy atom. The molecule has 0 aromatic heterocycles. The molecule has 3 unspecified atom stereocenters. The molecule has 1 N–H and O–H groups in total. The number of rotatable bonds is 6. The molecule has 0 aliphatic heterocycles. The molecule has 100 valence electrons. The molecule has 0 spiro atoms. The van der Waals surface area contributed by atoms with Crippen LogP contribution in [0.2, 0.25) is 0 Å². The maximum Gasteiger partial charge on any atom is 0.130 e. The number of hydrogen-bond donors (Lipinski definition) is 1. The van der Waals surface area contributed by atoms with Crippen LogP contribution < -0.4 is 4.74 Å². The van der Waals surface area contributed by atoms with Crippen molar-refractivity contribution in [1.29, 1.82) is 0 Å². The Hall–Kier alpha value is -0.370. The molecule has 1 saturated carbocycles. The van der Waals surface area contributed by atoms with E-state index in [0.717, 1.165) is 5.75 Å². The molecule has 0 heterocycles. The molecule has 2 rings (SSSR count). The van der Waals surface area contributed by atoms with Gasteiger partial charge in [-0.3, -0.25) is 0 Å². The Labute approximate surface area is 120 Å². The summed E-state index contributed by atoms with van der Waals surface area (Å²) in [5.74, 6) is 0.813. The smallest absolute Gasteiger partial charge is 0.130 e. The van der Waals surface area contributed by atoms with Gasteiger partial charge < -0.3 is 19.3 Å². The van der Waals surface area contributed by atoms with Crippen molar-refractivity contribution in [3.8, 4) is 5.75 Å². The lowest BCUT2D eigenvalue weighted by Crippen LogP contribution is -2.55. The fourth-order valence-electron chi connectivity index (χ4n) is 1.85. The van der Waals surface area contributed by atoms with Crippen molar-refractivity contribution in [3.05, 3.63) is 27.8 Å². The van der Waals surface area contributed by atoms with Crippen molar-refractivity contribution in [3.63, 3.8) is 0 Å². The Balaban J connectivity index is 1.83. The van der Waals surface area contributed by atoms with Crippen LogP contribution in [0.4, 0.5) is 0 Å². The highest BCUT2D eigenvalue weighted by atomic mass is 127. The van der Waals surface area contributed by atoms with Gasteiger partial charge in [-0.15, -0.1) is 0 Å². The highest BCUT2D eigenvalue weighted by molar-refractivity contribution is 14.1. The predicted octanol–water partition coefficient (Wildman–Crippen LogP) is 1.83. The first-order chi connectivity index (χ1) is 8.70. The van der Waals surface area contributed by atoms with Gasteiger partial charge in [0.05, 0.1) is 19.3 Å². The van der Waals surface area contributed by atoms with E-state index < -0.39 is 6.10 Å². The van der Waals surface area contributed by atoms with Crippen molar-refractivity contribution >= 4 is 22.6 Å². The number of ether oxygens (including phenoxy) is 3. The molecule has 1 aliphatic rings. The van der Waals surface area contributed by atoms with Gasteiger partial charge in [-0.2, -0.15) is 0 Å². The number of aliphatic hydroxyl groups is 1. The average molecular weight is 364 g/mol. The minimum Gasteiger partial charge on any atom is -0.488 e. The van der Waals surface area contributed by atoms with E-state index in [0.29, 0.717) is 19.6 Å². The Morgan fingerprint density at radius 3 is 2.61 bits per heavy atom. The summed E-state index contributed by atoms with van der Waals surface area (Å²) in [4.78, 5) is 0. The molecule has 0 amide bonds. The van der Waals surface area contributed by atoms with Crippen LogP contribution >= 0.6 is 22.6 Å². The monoisotopic (exact) mass is 364 g/mol. The van der Waals surface area contributed by atoms with Crippen LogP contribution in [0.1, 0.15) is 6.42 Å². The van der Waals surface area contributed by atoms with Gasteiger partial charge in [-0.25, -0.2) is 0 Å². The summed E-state index contributed by atoms with van der Waals surface area (Å²) < 4.78 is 17.4. The normalized spacial score (nSPS) is 26.7. The summed E-state index contributed by atoms with van der Waals surface area (Å²) in [7, 11) is 1.63.